The van der Waals surface area contributed by atoms with Crippen molar-refractivity contribution in [2.75, 3.05) is 0 Å². The van der Waals surface area contributed by atoms with E-state index in [1.54, 1.807) is 0 Å². The predicted molar refractivity (Wildman–Crippen MR) is 49.6 cm³/mol. The zero-order valence-electron chi connectivity index (χ0n) is 8.35. The average Bonchev–Trinajstić information content (AvgIpc) is 2.00. The van der Waals surface area contributed by atoms with Crippen molar-refractivity contribution in [3.8, 4) is 0 Å². The van der Waals surface area contributed by atoms with Crippen LogP contribution in [0.5, 0.6) is 0 Å². The Morgan fingerprint density at radius 1 is 1.36 bits per heavy atom. The van der Waals surface area contributed by atoms with Crippen LogP contribution in [0, 0.1) is 5.92 Å². The summed E-state index contributed by atoms with van der Waals surface area (Å²) in [5.41, 5.74) is -0.427. The summed E-state index contributed by atoms with van der Waals surface area (Å²) in [6, 6.07) is 0. The van der Waals surface area contributed by atoms with Crippen molar-refractivity contribution >= 4 is 0 Å². The monoisotopic (exact) mass is 158 g/mol. The summed E-state index contributed by atoms with van der Waals surface area (Å²) in [4.78, 5) is 0. The van der Waals surface area contributed by atoms with Crippen molar-refractivity contribution in [1.29, 1.82) is 0 Å². The molecule has 68 valence electrons. The maximum absolute atomic E-state index is 9.67. The molecule has 0 bridgehead atoms. The van der Waals surface area contributed by atoms with Crippen LogP contribution >= 0.6 is 0 Å². The van der Waals surface area contributed by atoms with Gasteiger partial charge in [-0.05, 0) is 32.1 Å². The van der Waals surface area contributed by atoms with Gasteiger partial charge in [-0.1, -0.05) is 27.2 Å². The first-order valence-electron chi connectivity index (χ1n) is 4.74. The van der Waals surface area contributed by atoms with Crippen molar-refractivity contribution in [2.45, 2.75) is 59.0 Å². The smallest absolute Gasteiger partial charge is 0.0617 e. The summed E-state index contributed by atoms with van der Waals surface area (Å²) < 4.78 is 0. The molecule has 0 amide bonds. The molecule has 1 N–H and O–H groups in total. The summed E-state index contributed by atoms with van der Waals surface area (Å²) in [5, 5.41) is 9.67. The maximum atomic E-state index is 9.67. The first kappa shape index (κ1) is 11.0. The van der Waals surface area contributed by atoms with E-state index < -0.39 is 5.60 Å². The topological polar surface area (TPSA) is 20.2 Å². The number of hydrogen-bond acceptors (Lipinski definition) is 1. The quantitative estimate of drug-likeness (QED) is 0.652. The van der Waals surface area contributed by atoms with Crippen LogP contribution in [0.2, 0.25) is 0 Å². The highest BCUT2D eigenvalue weighted by Gasteiger charge is 2.17. The first-order valence-corrected chi connectivity index (χ1v) is 4.74. The van der Waals surface area contributed by atoms with Crippen LogP contribution < -0.4 is 0 Å². The van der Waals surface area contributed by atoms with E-state index >= 15 is 0 Å². The van der Waals surface area contributed by atoms with E-state index in [1.807, 2.05) is 13.8 Å². The zero-order valence-corrected chi connectivity index (χ0v) is 8.35. The fourth-order valence-electron chi connectivity index (χ4n) is 0.938. The predicted octanol–water partition coefficient (Wildman–Crippen LogP) is 2.97. The second kappa shape index (κ2) is 4.76. The van der Waals surface area contributed by atoms with Gasteiger partial charge in [0.2, 0.25) is 0 Å². The lowest BCUT2D eigenvalue weighted by Gasteiger charge is -2.22. The fraction of sp³-hybridized carbons (Fsp3) is 1.00. The molecular formula is C10H22O. The molecule has 0 radical (unpaired) electrons. The van der Waals surface area contributed by atoms with Gasteiger partial charge in [-0.3, -0.25) is 0 Å². The number of hydrogen-bond donors (Lipinski definition) is 1. The number of rotatable bonds is 5. The molecular weight excluding hydrogens is 136 g/mol. The molecule has 0 aliphatic heterocycles. The Morgan fingerprint density at radius 2 is 1.91 bits per heavy atom. The van der Waals surface area contributed by atoms with Gasteiger partial charge in [0.15, 0.2) is 0 Å². The largest absolute Gasteiger partial charge is 0.390 e. The van der Waals surface area contributed by atoms with Crippen LogP contribution in [-0.4, -0.2) is 10.7 Å². The van der Waals surface area contributed by atoms with E-state index in [0.29, 0.717) is 0 Å². The molecule has 0 aromatic rings. The van der Waals surface area contributed by atoms with Gasteiger partial charge in [0.05, 0.1) is 5.60 Å². The van der Waals surface area contributed by atoms with Gasteiger partial charge in [0.1, 0.15) is 0 Å². The van der Waals surface area contributed by atoms with Crippen LogP contribution in [0.3, 0.4) is 0 Å². The summed E-state index contributed by atoms with van der Waals surface area (Å²) >= 11 is 0. The van der Waals surface area contributed by atoms with Crippen molar-refractivity contribution in [2.24, 2.45) is 5.92 Å². The summed E-state index contributed by atoms with van der Waals surface area (Å²) in [7, 11) is 0. The minimum absolute atomic E-state index is 0.427. The molecule has 1 heteroatoms. The lowest BCUT2D eigenvalue weighted by molar-refractivity contribution is 0.0408. The molecule has 11 heavy (non-hydrogen) atoms. The van der Waals surface area contributed by atoms with E-state index in [0.717, 1.165) is 25.2 Å². The Labute approximate surface area is 70.8 Å². The van der Waals surface area contributed by atoms with Crippen LogP contribution in [0.4, 0.5) is 0 Å². The van der Waals surface area contributed by atoms with Gasteiger partial charge >= 0.3 is 0 Å². The van der Waals surface area contributed by atoms with E-state index in [9.17, 15) is 5.11 Å². The van der Waals surface area contributed by atoms with Crippen LogP contribution in [0.15, 0.2) is 0 Å². The molecule has 0 aromatic carbocycles. The lowest BCUT2D eigenvalue weighted by atomic mass is 9.91. The summed E-state index contributed by atoms with van der Waals surface area (Å²) in [5.74, 6) is 0.757. The van der Waals surface area contributed by atoms with Crippen LogP contribution in [0.1, 0.15) is 53.4 Å². The Balaban J connectivity index is 3.52. The normalized spacial score (nSPS) is 19.4. The zero-order chi connectivity index (χ0) is 8.91. The molecule has 0 spiro atoms. The Morgan fingerprint density at radius 3 is 2.27 bits per heavy atom. The van der Waals surface area contributed by atoms with Crippen LogP contribution in [0.25, 0.3) is 0 Å². The molecule has 0 aliphatic carbocycles. The SMILES string of the molecule is CCC(C)CCC(C)(O)CC. The fourth-order valence-corrected chi connectivity index (χ4v) is 0.938. The standard InChI is InChI=1S/C10H22O/c1-5-9(3)7-8-10(4,11)6-2/h9,11H,5-8H2,1-4H3. The van der Waals surface area contributed by atoms with Crippen molar-refractivity contribution in [3.63, 3.8) is 0 Å². The molecule has 1 nitrogen and oxygen atoms in total. The maximum Gasteiger partial charge on any atom is 0.0617 e. The van der Waals surface area contributed by atoms with Gasteiger partial charge in [-0.2, -0.15) is 0 Å². The van der Waals surface area contributed by atoms with Gasteiger partial charge < -0.3 is 5.11 Å². The molecule has 0 saturated heterocycles. The van der Waals surface area contributed by atoms with Gasteiger partial charge in [0.25, 0.3) is 0 Å². The second-order valence-electron chi connectivity index (χ2n) is 3.90. The lowest BCUT2D eigenvalue weighted by Crippen LogP contribution is -2.23. The highest BCUT2D eigenvalue weighted by molar-refractivity contribution is 4.70. The van der Waals surface area contributed by atoms with Crippen molar-refractivity contribution in [3.05, 3.63) is 0 Å². The van der Waals surface area contributed by atoms with Gasteiger partial charge in [-0.25, -0.2) is 0 Å². The molecule has 0 aromatic heterocycles. The van der Waals surface area contributed by atoms with E-state index in [4.69, 9.17) is 0 Å². The highest BCUT2D eigenvalue weighted by Crippen LogP contribution is 2.20. The third-order valence-corrected chi connectivity index (χ3v) is 2.63. The summed E-state index contributed by atoms with van der Waals surface area (Å²) in [6.07, 6.45) is 4.18. The Hall–Kier alpha value is -0.0400. The van der Waals surface area contributed by atoms with Gasteiger partial charge in [0, 0.05) is 0 Å². The van der Waals surface area contributed by atoms with Crippen molar-refractivity contribution < 1.29 is 5.11 Å². The van der Waals surface area contributed by atoms with Crippen molar-refractivity contribution in [1.82, 2.24) is 0 Å². The second-order valence-corrected chi connectivity index (χ2v) is 3.90. The van der Waals surface area contributed by atoms with Gasteiger partial charge in [-0.15, -0.1) is 0 Å². The Kier molecular flexibility index (Phi) is 4.74. The van der Waals surface area contributed by atoms with E-state index in [2.05, 4.69) is 13.8 Å². The Bertz CT molecular complexity index is 97.0. The van der Waals surface area contributed by atoms with Crippen LogP contribution in [-0.2, 0) is 0 Å². The molecule has 0 heterocycles. The number of aliphatic hydroxyl groups is 1. The molecule has 0 saturated carbocycles. The third-order valence-electron chi connectivity index (χ3n) is 2.63. The average molecular weight is 158 g/mol. The third kappa shape index (κ3) is 5.25. The molecule has 2 unspecified atom stereocenters. The first-order chi connectivity index (χ1) is 5.02. The van der Waals surface area contributed by atoms with E-state index in [1.165, 1.54) is 6.42 Å². The molecule has 0 aliphatic rings. The molecule has 2 atom stereocenters. The minimum Gasteiger partial charge on any atom is -0.390 e. The highest BCUT2D eigenvalue weighted by atomic mass is 16.3. The summed E-state index contributed by atoms with van der Waals surface area (Å²) in [6.45, 7) is 8.41. The minimum atomic E-state index is -0.427. The molecule has 0 rings (SSSR count). The molecule has 0 fully saturated rings. The van der Waals surface area contributed by atoms with E-state index in [-0.39, 0.29) is 0 Å².